The van der Waals surface area contributed by atoms with Crippen LogP contribution >= 0.6 is 0 Å². The average Bonchev–Trinajstić information content (AvgIpc) is 3.08. The van der Waals surface area contributed by atoms with E-state index in [1.54, 1.807) is 4.68 Å². The summed E-state index contributed by atoms with van der Waals surface area (Å²) in [5, 5.41) is 20.5. The van der Waals surface area contributed by atoms with E-state index < -0.39 is 11.4 Å². The zero-order valence-electron chi connectivity index (χ0n) is 8.26. The van der Waals surface area contributed by atoms with E-state index >= 15 is 0 Å². The molecule has 1 aromatic heterocycles. The molecule has 0 amide bonds. The number of tetrazole rings is 1. The van der Waals surface area contributed by atoms with Gasteiger partial charge in [0.15, 0.2) is 5.82 Å². The molecule has 6 nitrogen and oxygen atoms in total. The van der Waals surface area contributed by atoms with Crippen molar-refractivity contribution in [3.05, 3.63) is 5.82 Å². The molecule has 2 aliphatic carbocycles. The van der Waals surface area contributed by atoms with Gasteiger partial charge in [-0.25, -0.2) is 4.68 Å². The van der Waals surface area contributed by atoms with Crippen molar-refractivity contribution in [2.75, 3.05) is 0 Å². The number of carboxylic acid groups (broad SMARTS) is 1. The van der Waals surface area contributed by atoms with E-state index in [2.05, 4.69) is 15.5 Å². The van der Waals surface area contributed by atoms with Crippen molar-refractivity contribution in [2.45, 2.75) is 38.1 Å². The quantitative estimate of drug-likeness (QED) is 0.775. The molecule has 1 heterocycles. The lowest BCUT2D eigenvalue weighted by Crippen LogP contribution is -2.23. The standard InChI is InChI=1S/C9H12N4O2/c14-8(15)9(3-4-9)5-13-7(6-1-2-6)10-11-12-13/h6H,1-5H2,(H,14,15). The lowest BCUT2D eigenvalue weighted by molar-refractivity contribution is -0.144. The molecule has 6 heteroatoms. The normalized spacial score (nSPS) is 22.7. The molecule has 1 aromatic rings. The summed E-state index contributed by atoms with van der Waals surface area (Å²) >= 11 is 0. The molecule has 0 radical (unpaired) electrons. The van der Waals surface area contributed by atoms with Gasteiger partial charge in [0.2, 0.25) is 0 Å². The van der Waals surface area contributed by atoms with Gasteiger partial charge in [0, 0.05) is 5.92 Å². The molecular weight excluding hydrogens is 196 g/mol. The molecule has 15 heavy (non-hydrogen) atoms. The Morgan fingerprint density at radius 3 is 2.80 bits per heavy atom. The fourth-order valence-corrected chi connectivity index (χ4v) is 1.84. The van der Waals surface area contributed by atoms with Crippen LogP contribution in [0.15, 0.2) is 0 Å². The highest BCUT2D eigenvalue weighted by atomic mass is 16.4. The maximum Gasteiger partial charge on any atom is 0.311 e. The third-order valence-electron chi connectivity index (χ3n) is 3.26. The topological polar surface area (TPSA) is 80.9 Å². The zero-order chi connectivity index (χ0) is 10.5. The molecule has 0 saturated heterocycles. The molecule has 0 aromatic carbocycles. The van der Waals surface area contributed by atoms with Crippen molar-refractivity contribution in [3.63, 3.8) is 0 Å². The van der Waals surface area contributed by atoms with Crippen LogP contribution in [0.3, 0.4) is 0 Å². The van der Waals surface area contributed by atoms with Gasteiger partial charge in [0.1, 0.15) is 0 Å². The number of nitrogens with zero attached hydrogens (tertiary/aromatic N) is 4. The first-order chi connectivity index (χ1) is 7.21. The number of aliphatic carboxylic acids is 1. The average molecular weight is 208 g/mol. The Morgan fingerprint density at radius 1 is 1.53 bits per heavy atom. The maximum atomic E-state index is 11.0. The van der Waals surface area contributed by atoms with Gasteiger partial charge in [0.25, 0.3) is 0 Å². The minimum atomic E-state index is -0.722. The second kappa shape index (κ2) is 2.77. The van der Waals surface area contributed by atoms with Crippen molar-refractivity contribution >= 4 is 5.97 Å². The molecule has 2 fully saturated rings. The van der Waals surface area contributed by atoms with E-state index in [9.17, 15) is 4.79 Å². The lowest BCUT2D eigenvalue weighted by Gasteiger charge is -2.09. The SMILES string of the molecule is O=C(O)C1(Cn2nnnc2C2CC2)CC1. The fourth-order valence-electron chi connectivity index (χ4n) is 1.84. The zero-order valence-corrected chi connectivity index (χ0v) is 8.26. The van der Waals surface area contributed by atoms with E-state index in [0.29, 0.717) is 12.5 Å². The Labute approximate surface area is 86.3 Å². The van der Waals surface area contributed by atoms with E-state index in [4.69, 9.17) is 5.11 Å². The Morgan fingerprint density at radius 2 is 2.27 bits per heavy atom. The summed E-state index contributed by atoms with van der Waals surface area (Å²) in [6.07, 6.45) is 3.74. The monoisotopic (exact) mass is 208 g/mol. The summed E-state index contributed by atoms with van der Waals surface area (Å²) in [7, 11) is 0. The van der Waals surface area contributed by atoms with Gasteiger partial charge >= 0.3 is 5.97 Å². The first-order valence-electron chi connectivity index (χ1n) is 5.21. The van der Waals surface area contributed by atoms with Crippen molar-refractivity contribution in [2.24, 2.45) is 5.41 Å². The van der Waals surface area contributed by atoms with Crippen molar-refractivity contribution < 1.29 is 9.90 Å². The predicted molar refractivity (Wildman–Crippen MR) is 49.1 cm³/mol. The van der Waals surface area contributed by atoms with Gasteiger partial charge in [-0.3, -0.25) is 4.79 Å². The Kier molecular flexibility index (Phi) is 1.63. The summed E-state index contributed by atoms with van der Waals surface area (Å²) in [6, 6.07) is 0. The minimum absolute atomic E-state index is 0.432. The van der Waals surface area contributed by atoms with Gasteiger partial charge in [-0.05, 0) is 36.1 Å². The number of hydrogen-bond donors (Lipinski definition) is 1. The smallest absolute Gasteiger partial charge is 0.311 e. The minimum Gasteiger partial charge on any atom is -0.481 e. The summed E-state index contributed by atoms with van der Waals surface area (Å²) in [4.78, 5) is 11.0. The summed E-state index contributed by atoms with van der Waals surface area (Å²) < 4.78 is 1.68. The molecule has 2 saturated carbocycles. The van der Waals surface area contributed by atoms with E-state index in [-0.39, 0.29) is 0 Å². The van der Waals surface area contributed by atoms with Gasteiger partial charge in [-0.1, -0.05) is 0 Å². The lowest BCUT2D eigenvalue weighted by atomic mass is 10.1. The highest BCUT2D eigenvalue weighted by Gasteiger charge is 2.51. The molecule has 0 bridgehead atoms. The molecule has 0 unspecified atom stereocenters. The first kappa shape index (κ1) is 8.82. The van der Waals surface area contributed by atoms with Crippen molar-refractivity contribution in [3.8, 4) is 0 Å². The van der Waals surface area contributed by atoms with Crippen molar-refractivity contribution in [1.29, 1.82) is 0 Å². The van der Waals surface area contributed by atoms with E-state index in [1.165, 1.54) is 0 Å². The predicted octanol–water partition coefficient (Wildman–Crippen LogP) is 0.415. The molecule has 0 atom stereocenters. The summed E-state index contributed by atoms with van der Waals surface area (Å²) in [6.45, 7) is 0.432. The Balaban J connectivity index is 1.81. The van der Waals surface area contributed by atoms with Crippen molar-refractivity contribution in [1.82, 2.24) is 20.2 Å². The van der Waals surface area contributed by atoms with E-state index in [1.807, 2.05) is 0 Å². The van der Waals surface area contributed by atoms with Crippen LogP contribution < -0.4 is 0 Å². The molecule has 80 valence electrons. The van der Waals surface area contributed by atoms with Crippen LogP contribution in [0.4, 0.5) is 0 Å². The second-order valence-electron chi connectivity index (χ2n) is 4.55. The van der Waals surface area contributed by atoms with Gasteiger partial charge in [0.05, 0.1) is 12.0 Å². The van der Waals surface area contributed by atoms with E-state index in [0.717, 1.165) is 31.5 Å². The molecule has 0 aliphatic heterocycles. The maximum absolute atomic E-state index is 11.0. The van der Waals surface area contributed by atoms with Crippen LogP contribution in [-0.2, 0) is 11.3 Å². The number of carbonyl (C=O) groups is 1. The van der Waals surface area contributed by atoms with Crippen LogP contribution in [0.1, 0.15) is 37.4 Å². The van der Waals surface area contributed by atoms with Gasteiger partial charge in [-0.15, -0.1) is 5.10 Å². The number of hydrogen-bond acceptors (Lipinski definition) is 4. The number of rotatable bonds is 4. The Hall–Kier alpha value is -1.46. The van der Waals surface area contributed by atoms with Crippen LogP contribution in [0.25, 0.3) is 0 Å². The van der Waals surface area contributed by atoms with Crippen LogP contribution in [0, 0.1) is 5.41 Å². The first-order valence-corrected chi connectivity index (χ1v) is 5.21. The van der Waals surface area contributed by atoms with Crippen LogP contribution in [0.2, 0.25) is 0 Å². The van der Waals surface area contributed by atoms with Crippen LogP contribution in [0.5, 0.6) is 0 Å². The molecule has 2 aliphatic rings. The highest BCUT2D eigenvalue weighted by Crippen LogP contribution is 2.48. The number of carboxylic acids is 1. The second-order valence-corrected chi connectivity index (χ2v) is 4.55. The highest BCUT2D eigenvalue weighted by molar-refractivity contribution is 5.77. The van der Waals surface area contributed by atoms with Gasteiger partial charge < -0.3 is 5.11 Å². The number of aromatic nitrogens is 4. The van der Waals surface area contributed by atoms with Crippen LogP contribution in [-0.4, -0.2) is 31.3 Å². The van der Waals surface area contributed by atoms with Gasteiger partial charge in [-0.2, -0.15) is 0 Å². The summed E-state index contributed by atoms with van der Waals surface area (Å²) in [5.41, 5.74) is -0.584. The molecule has 0 spiro atoms. The summed E-state index contributed by atoms with van der Waals surface area (Å²) in [5.74, 6) is 0.604. The Bertz CT molecular complexity index is 406. The molecule has 3 rings (SSSR count). The third kappa shape index (κ3) is 1.40. The molecule has 1 N–H and O–H groups in total. The molecular formula is C9H12N4O2. The largest absolute Gasteiger partial charge is 0.481 e. The fraction of sp³-hybridized carbons (Fsp3) is 0.778. The third-order valence-corrected chi connectivity index (χ3v) is 3.26.